The van der Waals surface area contributed by atoms with Gasteiger partial charge in [0.25, 0.3) is 11.9 Å². The van der Waals surface area contributed by atoms with Crippen molar-refractivity contribution in [2.75, 3.05) is 12.4 Å². The van der Waals surface area contributed by atoms with E-state index >= 15 is 0 Å². The largest absolute Gasteiger partial charge is 0.505 e. The number of azo groups is 1. The molecule has 0 saturated carbocycles. The van der Waals surface area contributed by atoms with Crippen LogP contribution in [0.5, 0.6) is 5.75 Å². The molecule has 182 valence electrons. The van der Waals surface area contributed by atoms with E-state index in [0.717, 1.165) is 0 Å². The number of hydrogen-bond donors (Lipinski definition) is 2. The van der Waals surface area contributed by atoms with Crippen LogP contribution in [0.25, 0.3) is 16.7 Å². The smallest absolute Gasteiger partial charge is 0.343 e. The van der Waals surface area contributed by atoms with Crippen molar-refractivity contribution in [1.82, 2.24) is 19.7 Å². The van der Waals surface area contributed by atoms with Crippen LogP contribution in [0.1, 0.15) is 20.7 Å². The second kappa shape index (κ2) is 10.0. The molecular weight excluding hydrogens is 474 g/mol. The number of aromatic nitrogens is 4. The van der Waals surface area contributed by atoms with E-state index < -0.39 is 11.9 Å². The van der Waals surface area contributed by atoms with Gasteiger partial charge in [-0.1, -0.05) is 42.5 Å². The number of hydrogen-bond acceptors (Lipinski definition) is 9. The summed E-state index contributed by atoms with van der Waals surface area (Å²) in [6, 6.07) is 19.2. The van der Waals surface area contributed by atoms with Crippen LogP contribution in [0, 0.1) is 0 Å². The van der Waals surface area contributed by atoms with Gasteiger partial charge in [-0.2, -0.15) is 9.78 Å². The Kier molecular flexibility index (Phi) is 6.32. The maximum atomic E-state index is 13.2. The molecule has 0 atom stereocenters. The molecular formula is C26H19N7O4. The number of phenolic OH excluding ortho intramolecular Hbond substituents is 1. The molecule has 2 N–H and O–H groups in total. The van der Waals surface area contributed by atoms with Crippen molar-refractivity contribution >= 4 is 39.8 Å². The van der Waals surface area contributed by atoms with E-state index in [1.807, 2.05) is 6.07 Å². The van der Waals surface area contributed by atoms with Gasteiger partial charge in [0.1, 0.15) is 11.3 Å². The van der Waals surface area contributed by atoms with E-state index in [9.17, 15) is 14.7 Å². The summed E-state index contributed by atoms with van der Waals surface area (Å²) in [6.45, 7) is 0. The summed E-state index contributed by atoms with van der Waals surface area (Å²) in [5.74, 6) is -1.45. The number of rotatable bonds is 6. The zero-order valence-electron chi connectivity index (χ0n) is 19.4. The third-order valence-corrected chi connectivity index (χ3v) is 5.40. The molecule has 2 heterocycles. The lowest BCUT2D eigenvalue weighted by atomic mass is 10.0. The summed E-state index contributed by atoms with van der Waals surface area (Å²) in [5, 5.41) is 27.6. The van der Waals surface area contributed by atoms with Crippen LogP contribution in [0.15, 0.2) is 95.5 Å². The fourth-order valence-corrected chi connectivity index (χ4v) is 3.68. The van der Waals surface area contributed by atoms with Crippen LogP contribution >= 0.6 is 0 Å². The Bertz CT molecular complexity index is 1630. The summed E-state index contributed by atoms with van der Waals surface area (Å²) < 4.78 is 6.05. The molecule has 0 bridgehead atoms. The molecule has 11 heteroatoms. The number of methoxy groups -OCH3 is 1. The molecule has 1 amide bonds. The summed E-state index contributed by atoms with van der Waals surface area (Å²) in [6.07, 6.45) is 4.28. The molecule has 5 rings (SSSR count). The highest BCUT2D eigenvalue weighted by Crippen LogP contribution is 2.38. The van der Waals surface area contributed by atoms with Crippen molar-refractivity contribution in [2.45, 2.75) is 0 Å². The molecule has 0 saturated heterocycles. The molecule has 0 aliphatic carbocycles. The van der Waals surface area contributed by atoms with Gasteiger partial charge in [-0.25, -0.2) is 14.8 Å². The standard InChI is InChI=1S/C26H19N7O4/c1-37-25(36)19-15-29-33(26-27-12-7-13-28-26)23(19)32-31-20-14-16-8-5-6-11-18(16)21(22(20)34)24(35)30-17-9-3-2-4-10-17/h2-15,34H,1H3,(H,30,35). The SMILES string of the molecule is COC(=O)c1cnn(-c2ncccn2)c1N=Nc1cc2ccccc2c(C(=O)Nc2ccccc2)c1O. The highest BCUT2D eigenvalue weighted by atomic mass is 16.5. The summed E-state index contributed by atoms with van der Waals surface area (Å²) in [7, 11) is 1.23. The topological polar surface area (TPSA) is 144 Å². The number of para-hydroxylation sites is 1. The number of esters is 1. The number of fused-ring (bicyclic) bond motifs is 1. The van der Waals surface area contributed by atoms with Gasteiger partial charge in [0.2, 0.25) is 0 Å². The van der Waals surface area contributed by atoms with Gasteiger partial charge in [0.15, 0.2) is 11.6 Å². The fourth-order valence-electron chi connectivity index (χ4n) is 3.68. The maximum absolute atomic E-state index is 13.2. The van der Waals surface area contributed by atoms with Crippen molar-refractivity contribution in [3.63, 3.8) is 0 Å². The Morgan fingerprint density at radius 1 is 0.973 bits per heavy atom. The van der Waals surface area contributed by atoms with Crippen molar-refractivity contribution in [3.05, 3.63) is 96.4 Å². The third-order valence-electron chi connectivity index (χ3n) is 5.40. The van der Waals surface area contributed by atoms with Crippen LogP contribution in [0.3, 0.4) is 0 Å². The second-order valence-electron chi connectivity index (χ2n) is 7.69. The lowest BCUT2D eigenvalue weighted by Crippen LogP contribution is -2.12. The number of benzene rings is 3. The molecule has 0 fully saturated rings. The normalized spacial score (nSPS) is 11.1. The first kappa shape index (κ1) is 23.3. The van der Waals surface area contributed by atoms with Crippen LogP contribution in [0.4, 0.5) is 17.2 Å². The summed E-state index contributed by atoms with van der Waals surface area (Å²) >= 11 is 0. The van der Waals surface area contributed by atoms with Gasteiger partial charge < -0.3 is 15.2 Å². The number of nitrogens with one attached hydrogen (secondary N) is 1. The van der Waals surface area contributed by atoms with Crippen molar-refractivity contribution < 1.29 is 19.4 Å². The van der Waals surface area contributed by atoms with Crippen molar-refractivity contribution in [1.29, 1.82) is 0 Å². The number of aromatic hydroxyl groups is 1. The minimum absolute atomic E-state index is 0.00876. The van der Waals surface area contributed by atoms with Crippen LogP contribution < -0.4 is 5.32 Å². The number of carbonyl (C=O) groups excluding carboxylic acids is 2. The Labute approximate surface area is 210 Å². The zero-order valence-corrected chi connectivity index (χ0v) is 19.4. The van der Waals surface area contributed by atoms with Crippen molar-refractivity contribution in [3.8, 4) is 11.7 Å². The quantitative estimate of drug-likeness (QED) is 0.251. The monoisotopic (exact) mass is 493 g/mol. The Morgan fingerprint density at radius 2 is 1.70 bits per heavy atom. The number of ether oxygens (including phenoxy) is 1. The fraction of sp³-hybridized carbons (Fsp3) is 0.0385. The van der Waals surface area contributed by atoms with E-state index in [1.165, 1.54) is 30.4 Å². The molecule has 37 heavy (non-hydrogen) atoms. The number of nitrogens with zero attached hydrogens (tertiary/aromatic N) is 6. The van der Waals surface area contributed by atoms with E-state index in [0.29, 0.717) is 16.5 Å². The number of phenols is 1. The van der Waals surface area contributed by atoms with Gasteiger partial charge in [-0.15, -0.1) is 10.2 Å². The van der Waals surface area contributed by atoms with Crippen LogP contribution in [0.2, 0.25) is 0 Å². The molecule has 5 aromatic rings. The average molecular weight is 493 g/mol. The Balaban J connectivity index is 1.62. The number of amides is 1. The van der Waals surface area contributed by atoms with Gasteiger partial charge in [0.05, 0.1) is 18.9 Å². The minimum atomic E-state index is -0.693. The van der Waals surface area contributed by atoms with Gasteiger partial charge in [-0.05, 0) is 35.0 Å². The predicted molar refractivity (Wildman–Crippen MR) is 135 cm³/mol. The Hall–Kier alpha value is -5.45. The first-order chi connectivity index (χ1) is 18.1. The molecule has 0 aliphatic heterocycles. The molecule has 0 radical (unpaired) electrons. The molecule has 0 spiro atoms. The lowest BCUT2D eigenvalue weighted by Gasteiger charge is -2.12. The predicted octanol–water partition coefficient (Wildman–Crippen LogP) is 4.98. The molecule has 11 nitrogen and oxygen atoms in total. The lowest BCUT2D eigenvalue weighted by molar-refractivity contribution is 0.0601. The second-order valence-corrected chi connectivity index (χ2v) is 7.69. The van der Waals surface area contributed by atoms with E-state index in [4.69, 9.17) is 4.74 Å². The first-order valence-electron chi connectivity index (χ1n) is 11.0. The zero-order chi connectivity index (χ0) is 25.8. The summed E-state index contributed by atoms with van der Waals surface area (Å²) in [5.41, 5.74) is 0.622. The highest BCUT2D eigenvalue weighted by Gasteiger charge is 2.22. The average Bonchev–Trinajstić information content (AvgIpc) is 3.36. The Morgan fingerprint density at radius 3 is 2.46 bits per heavy atom. The van der Waals surface area contributed by atoms with E-state index in [1.54, 1.807) is 60.7 Å². The van der Waals surface area contributed by atoms with E-state index in [-0.39, 0.29) is 34.3 Å². The van der Waals surface area contributed by atoms with Crippen LogP contribution in [-0.2, 0) is 4.74 Å². The molecule has 2 aromatic heterocycles. The van der Waals surface area contributed by atoms with E-state index in [2.05, 4.69) is 30.6 Å². The first-order valence-corrected chi connectivity index (χ1v) is 11.0. The third kappa shape index (κ3) is 4.60. The van der Waals surface area contributed by atoms with Crippen LogP contribution in [-0.4, -0.2) is 43.8 Å². The van der Waals surface area contributed by atoms with Crippen molar-refractivity contribution in [2.24, 2.45) is 10.2 Å². The highest BCUT2D eigenvalue weighted by molar-refractivity contribution is 6.16. The number of anilines is 1. The van der Waals surface area contributed by atoms with Gasteiger partial charge in [0, 0.05) is 18.1 Å². The van der Waals surface area contributed by atoms with Gasteiger partial charge >= 0.3 is 5.97 Å². The number of carbonyl (C=O) groups is 2. The molecule has 0 unspecified atom stereocenters. The maximum Gasteiger partial charge on any atom is 0.343 e. The minimum Gasteiger partial charge on any atom is -0.505 e. The molecule has 0 aliphatic rings. The van der Waals surface area contributed by atoms with Gasteiger partial charge in [-0.3, -0.25) is 4.79 Å². The summed E-state index contributed by atoms with van der Waals surface area (Å²) in [4.78, 5) is 33.8. The molecule has 3 aromatic carbocycles.